The average molecular weight is 290 g/mol. The first kappa shape index (κ1) is 15.4. The fraction of sp³-hybridized carbons (Fsp3) is 0.438. The second kappa shape index (κ2) is 8.32. The number of nitrogens with one attached hydrogen (secondary N) is 1. The Morgan fingerprint density at radius 3 is 2.57 bits per heavy atom. The molecular weight excluding hydrogens is 268 g/mol. The normalized spacial score (nSPS) is 10.6. The Balaban J connectivity index is 1.70. The van der Waals surface area contributed by atoms with Crippen molar-refractivity contribution in [3.05, 3.63) is 42.1 Å². The van der Waals surface area contributed by atoms with Gasteiger partial charge in [-0.05, 0) is 19.1 Å². The molecule has 0 unspecified atom stereocenters. The monoisotopic (exact) mass is 290 g/mol. The van der Waals surface area contributed by atoms with E-state index >= 15 is 0 Å². The van der Waals surface area contributed by atoms with E-state index in [1.54, 1.807) is 6.20 Å². The van der Waals surface area contributed by atoms with Crippen LogP contribution in [-0.4, -0.2) is 24.7 Å². The maximum absolute atomic E-state index is 5.72. The van der Waals surface area contributed by atoms with Crippen molar-refractivity contribution in [1.29, 1.82) is 0 Å². The standard InChI is InChI=1S/C16H22N2O3/c1-3-13-11-18-16(21-13)12-17-9-10-20-15-8-6-5-7-14(15)19-4-2/h5-8,11,17H,3-4,9-10,12H2,1-2H3. The van der Waals surface area contributed by atoms with Gasteiger partial charge < -0.3 is 19.2 Å². The van der Waals surface area contributed by atoms with Crippen LogP contribution >= 0.6 is 0 Å². The van der Waals surface area contributed by atoms with E-state index in [0.29, 0.717) is 32.2 Å². The highest BCUT2D eigenvalue weighted by Gasteiger charge is 2.04. The number of aryl methyl sites for hydroxylation is 1. The van der Waals surface area contributed by atoms with Crippen LogP contribution in [0.4, 0.5) is 0 Å². The average Bonchev–Trinajstić information content (AvgIpc) is 2.97. The molecule has 0 amide bonds. The first-order chi connectivity index (χ1) is 10.3. The Morgan fingerprint density at radius 1 is 1.14 bits per heavy atom. The Labute approximate surface area is 125 Å². The minimum absolute atomic E-state index is 0.561. The molecule has 5 heteroatoms. The maximum Gasteiger partial charge on any atom is 0.208 e. The Hall–Kier alpha value is -2.01. The molecule has 0 atom stereocenters. The van der Waals surface area contributed by atoms with E-state index in [0.717, 1.165) is 23.7 Å². The first-order valence-corrected chi connectivity index (χ1v) is 7.32. The highest BCUT2D eigenvalue weighted by Crippen LogP contribution is 2.25. The van der Waals surface area contributed by atoms with Gasteiger partial charge in [0.25, 0.3) is 0 Å². The SMILES string of the molecule is CCOc1ccccc1OCCNCc1ncc(CC)o1. The molecule has 114 valence electrons. The van der Waals surface area contributed by atoms with Gasteiger partial charge in [-0.2, -0.15) is 0 Å². The third-order valence-corrected chi connectivity index (χ3v) is 2.91. The molecule has 1 aromatic carbocycles. The Kier molecular flexibility index (Phi) is 6.09. The lowest BCUT2D eigenvalue weighted by molar-refractivity contribution is 0.274. The van der Waals surface area contributed by atoms with Crippen molar-refractivity contribution in [3.63, 3.8) is 0 Å². The van der Waals surface area contributed by atoms with Crippen LogP contribution in [0.25, 0.3) is 0 Å². The summed E-state index contributed by atoms with van der Waals surface area (Å²) in [4.78, 5) is 4.19. The van der Waals surface area contributed by atoms with Gasteiger partial charge in [0.2, 0.25) is 5.89 Å². The number of benzene rings is 1. The minimum atomic E-state index is 0.561. The summed E-state index contributed by atoms with van der Waals surface area (Å²) in [5, 5.41) is 3.24. The topological polar surface area (TPSA) is 56.5 Å². The molecule has 1 aromatic heterocycles. The molecule has 0 aliphatic carbocycles. The van der Waals surface area contributed by atoms with Crippen LogP contribution in [0.5, 0.6) is 11.5 Å². The second-order valence-corrected chi connectivity index (χ2v) is 4.48. The lowest BCUT2D eigenvalue weighted by Gasteiger charge is -2.11. The van der Waals surface area contributed by atoms with Crippen LogP contribution in [0.15, 0.2) is 34.9 Å². The summed E-state index contributed by atoms with van der Waals surface area (Å²) < 4.78 is 16.7. The molecule has 0 radical (unpaired) electrons. The van der Waals surface area contributed by atoms with E-state index in [2.05, 4.69) is 10.3 Å². The summed E-state index contributed by atoms with van der Waals surface area (Å²) in [7, 11) is 0. The van der Waals surface area contributed by atoms with Gasteiger partial charge in [-0.3, -0.25) is 0 Å². The largest absolute Gasteiger partial charge is 0.490 e. The molecule has 21 heavy (non-hydrogen) atoms. The Bertz CT molecular complexity index is 540. The van der Waals surface area contributed by atoms with Gasteiger partial charge in [0, 0.05) is 13.0 Å². The number of para-hydroxylation sites is 2. The molecule has 2 rings (SSSR count). The fourth-order valence-electron chi connectivity index (χ4n) is 1.87. The number of nitrogens with zero attached hydrogens (tertiary/aromatic N) is 1. The molecule has 0 spiro atoms. The molecule has 0 aliphatic rings. The van der Waals surface area contributed by atoms with Crippen molar-refractivity contribution in [3.8, 4) is 11.5 Å². The predicted molar refractivity (Wildman–Crippen MR) is 80.7 cm³/mol. The van der Waals surface area contributed by atoms with Crippen LogP contribution in [0.1, 0.15) is 25.5 Å². The second-order valence-electron chi connectivity index (χ2n) is 4.48. The quantitative estimate of drug-likeness (QED) is 0.720. The minimum Gasteiger partial charge on any atom is -0.490 e. The summed E-state index contributed by atoms with van der Waals surface area (Å²) in [5.41, 5.74) is 0. The fourth-order valence-corrected chi connectivity index (χ4v) is 1.87. The van der Waals surface area contributed by atoms with E-state index in [1.165, 1.54) is 0 Å². The Morgan fingerprint density at radius 2 is 1.90 bits per heavy atom. The summed E-state index contributed by atoms with van der Waals surface area (Å²) in [6.07, 6.45) is 2.64. The summed E-state index contributed by atoms with van der Waals surface area (Å²) in [5.74, 6) is 3.17. The van der Waals surface area contributed by atoms with Gasteiger partial charge in [0.15, 0.2) is 11.5 Å². The van der Waals surface area contributed by atoms with Crippen LogP contribution < -0.4 is 14.8 Å². The molecule has 1 N–H and O–H groups in total. The number of hydrogen-bond acceptors (Lipinski definition) is 5. The molecule has 0 fully saturated rings. The highest BCUT2D eigenvalue weighted by atomic mass is 16.5. The molecule has 5 nitrogen and oxygen atoms in total. The summed E-state index contributed by atoms with van der Waals surface area (Å²) in [6.45, 7) is 6.51. The van der Waals surface area contributed by atoms with Crippen molar-refractivity contribution >= 4 is 0 Å². The highest BCUT2D eigenvalue weighted by molar-refractivity contribution is 5.39. The van der Waals surface area contributed by atoms with Gasteiger partial charge in [0.1, 0.15) is 12.4 Å². The summed E-state index contributed by atoms with van der Waals surface area (Å²) >= 11 is 0. The van der Waals surface area contributed by atoms with Crippen LogP contribution in [0, 0.1) is 0 Å². The van der Waals surface area contributed by atoms with E-state index in [-0.39, 0.29) is 0 Å². The molecule has 1 heterocycles. The number of hydrogen-bond donors (Lipinski definition) is 1. The van der Waals surface area contributed by atoms with Gasteiger partial charge >= 0.3 is 0 Å². The van der Waals surface area contributed by atoms with Crippen LogP contribution in [0.3, 0.4) is 0 Å². The van der Waals surface area contributed by atoms with Crippen LogP contribution in [0.2, 0.25) is 0 Å². The van der Waals surface area contributed by atoms with Crippen molar-refractivity contribution < 1.29 is 13.9 Å². The lowest BCUT2D eigenvalue weighted by atomic mass is 10.3. The number of rotatable bonds is 9. The van der Waals surface area contributed by atoms with E-state index in [9.17, 15) is 0 Å². The van der Waals surface area contributed by atoms with Crippen molar-refractivity contribution in [2.75, 3.05) is 19.8 Å². The number of oxazole rings is 1. The van der Waals surface area contributed by atoms with Gasteiger partial charge in [-0.25, -0.2) is 4.98 Å². The van der Waals surface area contributed by atoms with Crippen molar-refractivity contribution in [2.24, 2.45) is 0 Å². The molecular formula is C16H22N2O3. The molecule has 0 saturated heterocycles. The first-order valence-electron chi connectivity index (χ1n) is 7.32. The van der Waals surface area contributed by atoms with Crippen molar-refractivity contribution in [2.45, 2.75) is 26.8 Å². The van der Waals surface area contributed by atoms with E-state index in [1.807, 2.05) is 38.1 Å². The zero-order valence-electron chi connectivity index (χ0n) is 12.6. The zero-order valence-corrected chi connectivity index (χ0v) is 12.6. The smallest absolute Gasteiger partial charge is 0.208 e. The maximum atomic E-state index is 5.72. The predicted octanol–water partition coefficient (Wildman–Crippen LogP) is 2.80. The van der Waals surface area contributed by atoms with Crippen LogP contribution in [-0.2, 0) is 13.0 Å². The van der Waals surface area contributed by atoms with Crippen molar-refractivity contribution in [1.82, 2.24) is 10.3 Å². The van der Waals surface area contributed by atoms with Gasteiger partial charge in [-0.15, -0.1) is 0 Å². The van der Waals surface area contributed by atoms with Gasteiger partial charge in [0.05, 0.1) is 19.3 Å². The van der Waals surface area contributed by atoms with E-state index < -0.39 is 0 Å². The number of aromatic nitrogens is 1. The third-order valence-electron chi connectivity index (χ3n) is 2.91. The molecule has 0 aliphatic heterocycles. The molecule has 0 bridgehead atoms. The molecule has 0 saturated carbocycles. The van der Waals surface area contributed by atoms with E-state index in [4.69, 9.17) is 13.9 Å². The zero-order chi connectivity index (χ0) is 14.9. The molecule has 2 aromatic rings. The summed E-state index contributed by atoms with van der Waals surface area (Å²) in [6, 6.07) is 7.69. The third kappa shape index (κ3) is 4.79. The van der Waals surface area contributed by atoms with Gasteiger partial charge in [-0.1, -0.05) is 19.1 Å². The number of ether oxygens (including phenoxy) is 2. The lowest BCUT2D eigenvalue weighted by Crippen LogP contribution is -2.20.